The Labute approximate surface area is 95.7 Å². The molecule has 3 nitrogen and oxygen atoms in total. The monoisotopic (exact) mass is 223 g/mol. The Hall–Kier alpha value is -1.16. The van der Waals surface area contributed by atoms with Crippen LogP contribution in [0.25, 0.3) is 0 Å². The summed E-state index contributed by atoms with van der Waals surface area (Å²) in [4.78, 5) is 6.36. The van der Waals surface area contributed by atoms with E-state index in [0.717, 1.165) is 17.9 Å². The van der Waals surface area contributed by atoms with Crippen LogP contribution in [-0.4, -0.2) is 24.6 Å². The summed E-state index contributed by atoms with van der Waals surface area (Å²) >= 11 is 0. The minimum Gasteiger partial charge on any atom is -0.356 e. The van der Waals surface area contributed by atoms with E-state index in [2.05, 4.69) is 15.2 Å². The first kappa shape index (κ1) is 11.3. The zero-order valence-corrected chi connectivity index (χ0v) is 9.83. The van der Waals surface area contributed by atoms with Crippen LogP contribution in [0.3, 0.4) is 0 Å². The molecule has 88 valence electrons. The van der Waals surface area contributed by atoms with Gasteiger partial charge >= 0.3 is 0 Å². The van der Waals surface area contributed by atoms with Crippen molar-refractivity contribution in [1.82, 2.24) is 10.3 Å². The fourth-order valence-electron chi connectivity index (χ4n) is 1.82. The smallest absolute Gasteiger partial charge is 0.141 e. The fraction of sp³-hybridized carbons (Fsp3) is 0.583. The van der Waals surface area contributed by atoms with Gasteiger partial charge in [-0.3, -0.25) is 0 Å². The number of nitrogens with one attached hydrogen (secondary N) is 1. The van der Waals surface area contributed by atoms with Crippen LogP contribution in [0, 0.1) is 5.82 Å². The van der Waals surface area contributed by atoms with Crippen molar-refractivity contribution < 1.29 is 4.39 Å². The van der Waals surface area contributed by atoms with Crippen LogP contribution in [0.2, 0.25) is 0 Å². The minimum atomic E-state index is -0.263. The van der Waals surface area contributed by atoms with E-state index in [1.165, 1.54) is 19.0 Å². The summed E-state index contributed by atoms with van der Waals surface area (Å²) < 4.78 is 13.1. The molecule has 1 heterocycles. The van der Waals surface area contributed by atoms with Gasteiger partial charge in [-0.1, -0.05) is 6.92 Å². The van der Waals surface area contributed by atoms with Gasteiger partial charge in [0, 0.05) is 25.2 Å². The molecule has 0 atom stereocenters. The van der Waals surface area contributed by atoms with Crippen LogP contribution < -0.4 is 10.2 Å². The van der Waals surface area contributed by atoms with Crippen molar-refractivity contribution in [3.8, 4) is 0 Å². The van der Waals surface area contributed by atoms with Gasteiger partial charge in [0.05, 0.1) is 6.20 Å². The molecule has 0 aromatic carbocycles. The molecule has 0 unspecified atom stereocenters. The number of aromatic nitrogens is 1. The first-order valence-electron chi connectivity index (χ1n) is 5.80. The SMILES string of the molecule is CCNCc1cc(F)cnc1N(C)C1CC1. The predicted octanol–water partition coefficient (Wildman–Crippen LogP) is 1.93. The molecule has 0 aliphatic heterocycles. The zero-order valence-electron chi connectivity index (χ0n) is 9.83. The van der Waals surface area contributed by atoms with Crippen molar-refractivity contribution >= 4 is 5.82 Å². The van der Waals surface area contributed by atoms with E-state index in [4.69, 9.17) is 0 Å². The summed E-state index contributed by atoms with van der Waals surface area (Å²) in [6, 6.07) is 2.17. The topological polar surface area (TPSA) is 28.2 Å². The highest BCUT2D eigenvalue weighted by Gasteiger charge is 2.28. The molecule has 1 aromatic rings. The summed E-state index contributed by atoms with van der Waals surface area (Å²) in [5.41, 5.74) is 0.941. The lowest BCUT2D eigenvalue weighted by Crippen LogP contribution is -2.24. The molecule has 1 aliphatic carbocycles. The highest BCUT2D eigenvalue weighted by molar-refractivity contribution is 5.48. The minimum absolute atomic E-state index is 0.263. The lowest BCUT2D eigenvalue weighted by atomic mass is 10.2. The summed E-state index contributed by atoms with van der Waals surface area (Å²) in [6.45, 7) is 3.59. The molecule has 2 rings (SSSR count). The van der Waals surface area contributed by atoms with Crippen LogP contribution >= 0.6 is 0 Å². The molecule has 1 aromatic heterocycles. The van der Waals surface area contributed by atoms with Gasteiger partial charge in [-0.05, 0) is 25.5 Å². The summed E-state index contributed by atoms with van der Waals surface area (Å²) in [5.74, 6) is 0.644. The Balaban J connectivity index is 2.20. The largest absolute Gasteiger partial charge is 0.356 e. The van der Waals surface area contributed by atoms with Gasteiger partial charge in [-0.15, -0.1) is 0 Å². The summed E-state index contributed by atoms with van der Waals surface area (Å²) in [7, 11) is 2.04. The Bertz CT molecular complexity index is 363. The lowest BCUT2D eigenvalue weighted by Gasteiger charge is -2.20. The van der Waals surface area contributed by atoms with E-state index >= 15 is 0 Å². The fourth-order valence-corrected chi connectivity index (χ4v) is 1.82. The zero-order chi connectivity index (χ0) is 11.5. The van der Waals surface area contributed by atoms with Crippen molar-refractivity contribution in [3.05, 3.63) is 23.6 Å². The number of hydrogen-bond donors (Lipinski definition) is 1. The number of anilines is 1. The number of pyridine rings is 1. The first-order valence-corrected chi connectivity index (χ1v) is 5.80. The normalized spacial score (nSPS) is 15.2. The Kier molecular flexibility index (Phi) is 3.39. The van der Waals surface area contributed by atoms with Gasteiger partial charge in [-0.25, -0.2) is 9.37 Å². The molecule has 0 amide bonds. The number of hydrogen-bond acceptors (Lipinski definition) is 3. The predicted molar refractivity (Wildman–Crippen MR) is 63.0 cm³/mol. The summed E-state index contributed by atoms with van der Waals surface area (Å²) in [6.07, 6.45) is 3.73. The second-order valence-electron chi connectivity index (χ2n) is 4.26. The van der Waals surface area contributed by atoms with Crippen LogP contribution in [-0.2, 0) is 6.54 Å². The molecule has 1 saturated carbocycles. The lowest BCUT2D eigenvalue weighted by molar-refractivity contribution is 0.613. The highest BCUT2D eigenvalue weighted by atomic mass is 19.1. The molecule has 1 fully saturated rings. The van der Waals surface area contributed by atoms with Crippen LogP contribution in [0.4, 0.5) is 10.2 Å². The molecule has 0 spiro atoms. The van der Waals surface area contributed by atoms with Gasteiger partial charge in [0.2, 0.25) is 0 Å². The molecule has 4 heteroatoms. The second-order valence-corrected chi connectivity index (χ2v) is 4.26. The molecule has 0 saturated heterocycles. The third-order valence-corrected chi connectivity index (χ3v) is 2.90. The van der Waals surface area contributed by atoms with Crippen molar-refractivity contribution in [2.45, 2.75) is 32.4 Å². The number of halogens is 1. The van der Waals surface area contributed by atoms with Crippen LogP contribution in [0.15, 0.2) is 12.3 Å². The molecular weight excluding hydrogens is 205 g/mol. The number of rotatable bonds is 5. The van der Waals surface area contributed by atoms with Crippen molar-refractivity contribution in [2.75, 3.05) is 18.5 Å². The van der Waals surface area contributed by atoms with Gasteiger partial charge in [0.15, 0.2) is 0 Å². The van der Waals surface area contributed by atoms with Crippen molar-refractivity contribution in [3.63, 3.8) is 0 Å². The van der Waals surface area contributed by atoms with E-state index in [1.54, 1.807) is 6.07 Å². The maximum absolute atomic E-state index is 13.1. The third-order valence-electron chi connectivity index (χ3n) is 2.90. The molecular formula is C12H18FN3. The van der Waals surface area contributed by atoms with Crippen LogP contribution in [0.5, 0.6) is 0 Å². The molecule has 0 radical (unpaired) electrons. The van der Waals surface area contributed by atoms with E-state index in [9.17, 15) is 4.39 Å². The first-order chi connectivity index (χ1) is 7.72. The molecule has 16 heavy (non-hydrogen) atoms. The molecule has 0 bridgehead atoms. The Morgan fingerprint density at radius 1 is 1.56 bits per heavy atom. The average molecular weight is 223 g/mol. The van der Waals surface area contributed by atoms with Crippen molar-refractivity contribution in [2.24, 2.45) is 0 Å². The van der Waals surface area contributed by atoms with Crippen molar-refractivity contribution in [1.29, 1.82) is 0 Å². The van der Waals surface area contributed by atoms with Gasteiger partial charge in [-0.2, -0.15) is 0 Å². The van der Waals surface area contributed by atoms with Gasteiger partial charge < -0.3 is 10.2 Å². The van der Waals surface area contributed by atoms with E-state index in [0.29, 0.717) is 12.6 Å². The highest BCUT2D eigenvalue weighted by Crippen LogP contribution is 2.30. The average Bonchev–Trinajstić information content (AvgIpc) is 3.09. The maximum atomic E-state index is 13.1. The van der Waals surface area contributed by atoms with Gasteiger partial charge in [0.25, 0.3) is 0 Å². The quantitative estimate of drug-likeness (QED) is 0.826. The van der Waals surface area contributed by atoms with E-state index in [1.807, 2.05) is 14.0 Å². The molecule has 1 N–H and O–H groups in total. The van der Waals surface area contributed by atoms with E-state index < -0.39 is 0 Å². The Morgan fingerprint density at radius 2 is 2.31 bits per heavy atom. The van der Waals surface area contributed by atoms with Crippen LogP contribution in [0.1, 0.15) is 25.3 Å². The summed E-state index contributed by atoms with van der Waals surface area (Å²) in [5, 5.41) is 3.21. The maximum Gasteiger partial charge on any atom is 0.141 e. The third kappa shape index (κ3) is 2.50. The second kappa shape index (κ2) is 4.78. The van der Waals surface area contributed by atoms with E-state index in [-0.39, 0.29) is 5.82 Å². The van der Waals surface area contributed by atoms with Gasteiger partial charge in [0.1, 0.15) is 11.6 Å². The standard InChI is InChI=1S/C12H18FN3/c1-3-14-7-9-6-10(13)8-15-12(9)16(2)11-4-5-11/h6,8,11,14H,3-5,7H2,1-2H3. The molecule has 1 aliphatic rings. The number of nitrogens with zero attached hydrogens (tertiary/aromatic N) is 2. The Morgan fingerprint density at radius 3 is 2.94 bits per heavy atom.